The number of hydrogen-bond donors (Lipinski definition) is 4. The lowest BCUT2D eigenvalue weighted by atomic mass is 10.1. The number of nitrogens with zero attached hydrogens (tertiary/aromatic N) is 2. The number of rotatable bonds is 11. The Bertz CT molecular complexity index is 635. The van der Waals surface area contributed by atoms with Crippen LogP contribution in [-0.2, 0) is 9.59 Å². The molecule has 0 amide bonds. The number of aromatic nitrogens is 2. The van der Waals surface area contributed by atoms with Crippen LogP contribution in [0.4, 0.5) is 0 Å². The maximum Gasteiger partial charge on any atom is 0.305 e. The molecular formula is C18H22N4O4. The first-order valence-corrected chi connectivity index (χ1v) is 8.26. The first kappa shape index (κ1) is 19.5. The molecule has 0 bridgehead atoms. The molecule has 0 aromatic carbocycles. The number of aliphatic carboxylic acids is 2. The third-order valence-corrected chi connectivity index (χ3v) is 3.84. The van der Waals surface area contributed by atoms with Crippen LogP contribution in [0.25, 0.3) is 0 Å². The van der Waals surface area contributed by atoms with E-state index >= 15 is 0 Å². The van der Waals surface area contributed by atoms with Crippen molar-refractivity contribution in [1.29, 1.82) is 0 Å². The lowest BCUT2D eigenvalue weighted by molar-refractivity contribution is -0.138. The fourth-order valence-electron chi connectivity index (χ4n) is 2.62. The van der Waals surface area contributed by atoms with Gasteiger partial charge in [0.15, 0.2) is 0 Å². The molecule has 2 rings (SSSR count). The van der Waals surface area contributed by atoms with Crippen LogP contribution in [0, 0.1) is 0 Å². The quantitative estimate of drug-likeness (QED) is 0.444. The van der Waals surface area contributed by atoms with Crippen molar-refractivity contribution in [2.45, 2.75) is 24.9 Å². The summed E-state index contributed by atoms with van der Waals surface area (Å²) in [6.45, 7) is 0.951. The highest BCUT2D eigenvalue weighted by Gasteiger charge is 2.17. The lowest BCUT2D eigenvalue weighted by Gasteiger charge is -2.20. The SMILES string of the molecule is O=C(O)CC(NCCNC(CC(=O)O)c1cccnc1)c1cccnc1. The molecule has 2 unspecified atom stereocenters. The van der Waals surface area contributed by atoms with E-state index < -0.39 is 11.9 Å². The number of carboxylic acid groups (broad SMARTS) is 2. The van der Waals surface area contributed by atoms with E-state index in [-0.39, 0.29) is 24.9 Å². The van der Waals surface area contributed by atoms with Crippen LogP contribution in [0.15, 0.2) is 49.1 Å². The van der Waals surface area contributed by atoms with Crippen molar-refractivity contribution >= 4 is 11.9 Å². The van der Waals surface area contributed by atoms with Crippen molar-refractivity contribution in [2.75, 3.05) is 13.1 Å². The zero-order chi connectivity index (χ0) is 18.8. The molecule has 0 saturated carbocycles. The summed E-state index contributed by atoms with van der Waals surface area (Å²) >= 11 is 0. The van der Waals surface area contributed by atoms with E-state index in [0.29, 0.717) is 13.1 Å². The zero-order valence-corrected chi connectivity index (χ0v) is 14.2. The number of carboxylic acids is 2. The van der Waals surface area contributed by atoms with Gasteiger partial charge in [0, 0.05) is 50.0 Å². The molecule has 8 nitrogen and oxygen atoms in total. The van der Waals surface area contributed by atoms with E-state index in [9.17, 15) is 9.59 Å². The molecule has 8 heteroatoms. The second kappa shape index (κ2) is 10.2. The molecule has 0 aliphatic carbocycles. The Balaban J connectivity index is 1.91. The van der Waals surface area contributed by atoms with Gasteiger partial charge in [0.1, 0.15) is 0 Å². The van der Waals surface area contributed by atoms with Gasteiger partial charge in [0.25, 0.3) is 0 Å². The van der Waals surface area contributed by atoms with Crippen molar-refractivity contribution in [3.63, 3.8) is 0 Å². The average molecular weight is 358 g/mol. The number of nitrogens with one attached hydrogen (secondary N) is 2. The molecule has 2 aromatic rings. The van der Waals surface area contributed by atoms with Gasteiger partial charge < -0.3 is 20.8 Å². The van der Waals surface area contributed by atoms with Crippen LogP contribution >= 0.6 is 0 Å². The molecule has 0 fully saturated rings. The van der Waals surface area contributed by atoms with Gasteiger partial charge in [-0.3, -0.25) is 19.6 Å². The minimum absolute atomic E-state index is 0.0626. The first-order chi connectivity index (χ1) is 12.6. The standard InChI is InChI=1S/C18H22N4O4/c23-17(24)9-15(13-3-1-5-19-11-13)21-7-8-22-16(10-18(25)26)14-4-2-6-20-12-14/h1-6,11-12,15-16,21-22H,7-10H2,(H,23,24)(H,25,26). The minimum Gasteiger partial charge on any atom is -0.481 e. The van der Waals surface area contributed by atoms with Gasteiger partial charge in [-0.2, -0.15) is 0 Å². The van der Waals surface area contributed by atoms with Crippen molar-refractivity contribution in [3.8, 4) is 0 Å². The molecule has 0 saturated heterocycles. The van der Waals surface area contributed by atoms with Gasteiger partial charge in [-0.1, -0.05) is 12.1 Å². The second-order valence-corrected chi connectivity index (χ2v) is 5.78. The molecule has 0 spiro atoms. The van der Waals surface area contributed by atoms with Crippen molar-refractivity contribution in [1.82, 2.24) is 20.6 Å². The normalized spacial score (nSPS) is 13.1. The fraction of sp³-hybridized carbons (Fsp3) is 0.333. The molecule has 26 heavy (non-hydrogen) atoms. The summed E-state index contributed by atoms with van der Waals surface area (Å²) in [5, 5.41) is 24.5. The molecule has 2 atom stereocenters. The Labute approximate surface area is 151 Å². The van der Waals surface area contributed by atoms with Crippen LogP contribution in [0.5, 0.6) is 0 Å². The molecule has 2 heterocycles. The monoisotopic (exact) mass is 358 g/mol. The van der Waals surface area contributed by atoms with Crippen LogP contribution in [0.1, 0.15) is 36.1 Å². The largest absolute Gasteiger partial charge is 0.481 e. The van der Waals surface area contributed by atoms with Crippen LogP contribution < -0.4 is 10.6 Å². The topological polar surface area (TPSA) is 124 Å². The van der Waals surface area contributed by atoms with E-state index in [2.05, 4.69) is 20.6 Å². The summed E-state index contributed by atoms with van der Waals surface area (Å²) in [7, 11) is 0. The highest BCUT2D eigenvalue weighted by Crippen LogP contribution is 2.16. The van der Waals surface area contributed by atoms with Gasteiger partial charge in [-0.05, 0) is 23.3 Å². The summed E-state index contributed by atoms with van der Waals surface area (Å²) < 4.78 is 0. The van der Waals surface area contributed by atoms with Crippen molar-refractivity contribution < 1.29 is 19.8 Å². The zero-order valence-electron chi connectivity index (χ0n) is 14.2. The second-order valence-electron chi connectivity index (χ2n) is 5.78. The summed E-state index contributed by atoms with van der Waals surface area (Å²) in [5.74, 6) is -1.81. The van der Waals surface area contributed by atoms with Gasteiger partial charge in [0.2, 0.25) is 0 Å². The highest BCUT2D eigenvalue weighted by atomic mass is 16.4. The molecular weight excluding hydrogens is 336 g/mol. The van der Waals surface area contributed by atoms with Gasteiger partial charge in [-0.25, -0.2) is 0 Å². The van der Waals surface area contributed by atoms with Gasteiger partial charge in [0.05, 0.1) is 12.8 Å². The van der Waals surface area contributed by atoms with Crippen molar-refractivity contribution in [3.05, 3.63) is 60.2 Å². The molecule has 2 aromatic heterocycles. The lowest BCUT2D eigenvalue weighted by Crippen LogP contribution is -2.34. The smallest absolute Gasteiger partial charge is 0.305 e. The third kappa shape index (κ3) is 6.58. The maximum atomic E-state index is 11.1. The average Bonchev–Trinajstić information content (AvgIpc) is 2.64. The Morgan fingerprint density at radius 3 is 1.58 bits per heavy atom. The Morgan fingerprint density at radius 1 is 0.846 bits per heavy atom. The van der Waals surface area contributed by atoms with E-state index in [1.165, 1.54) is 0 Å². The Morgan fingerprint density at radius 2 is 1.27 bits per heavy atom. The summed E-state index contributed by atoms with van der Waals surface area (Å²) in [6.07, 6.45) is 6.41. The molecule has 4 N–H and O–H groups in total. The first-order valence-electron chi connectivity index (χ1n) is 8.26. The van der Waals surface area contributed by atoms with Crippen LogP contribution in [0.2, 0.25) is 0 Å². The van der Waals surface area contributed by atoms with Crippen LogP contribution in [-0.4, -0.2) is 45.2 Å². The Kier molecular flexibility index (Phi) is 7.66. The molecule has 138 valence electrons. The van der Waals surface area contributed by atoms with Gasteiger partial charge >= 0.3 is 11.9 Å². The predicted octanol–water partition coefficient (Wildman–Crippen LogP) is 1.39. The van der Waals surface area contributed by atoms with E-state index in [1.807, 2.05) is 12.1 Å². The number of carbonyl (C=O) groups is 2. The fourth-order valence-corrected chi connectivity index (χ4v) is 2.62. The van der Waals surface area contributed by atoms with E-state index in [1.54, 1.807) is 36.9 Å². The molecule has 0 aliphatic heterocycles. The molecule has 0 radical (unpaired) electrons. The number of pyridine rings is 2. The highest BCUT2D eigenvalue weighted by molar-refractivity contribution is 5.68. The van der Waals surface area contributed by atoms with E-state index in [4.69, 9.17) is 10.2 Å². The van der Waals surface area contributed by atoms with E-state index in [0.717, 1.165) is 11.1 Å². The minimum atomic E-state index is -0.904. The summed E-state index contributed by atoms with van der Waals surface area (Å²) in [5.41, 5.74) is 1.59. The molecule has 0 aliphatic rings. The predicted molar refractivity (Wildman–Crippen MR) is 94.5 cm³/mol. The Hall–Kier alpha value is -2.84. The van der Waals surface area contributed by atoms with Gasteiger partial charge in [-0.15, -0.1) is 0 Å². The summed E-state index contributed by atoms with van der Waals surface area (Å²) in [4.78, 5) is 30.2. The maximum absolute atomic E-state index is 11.1. The number of hydrogen-bond acceptors (Lipinski definition) is 6. The summed E-state index contributed by atoms with van der Waals surface area (Å²) in [6, 6.07) is 6.44. The van der Waals surface area contributed by atoms with Crippen LogP contribution in [0.3, 0.4) is 0 Å². The van der Waals surface area contributed by atoms with Crippen molar-refractivity contribution in [2.24, 2.45) is 0 Å². The third-order valence-electron chi connectivity index (χ3n) is 3.84.